The summed E-state index contributed by atoms with van der Waals surface area (Å²) in [4.78, 5) is 13.3. The predicted molar refractivity (Wildman–Crippen MR) is 72.6 cm³/mol. The lowest BCUT2D eigenvalue weighted by atomic mass is 10.2. The molecule has 1 saturated heterocycles. The summed E-state index contributed by atoms with van der Waals surface area (Å²) in [6, 6.07) is 0. The van der Waals surface area contributed by atoms with Crippen LogP contribution in [0.15, 0.2) is 6.33 Å². The maximum atomic E-state index is 5.84. The second kappa shape index (κ2) is 4.72. The van der Waals surface area contributed by atoms with Crippen molar-refractivity contribution in [3.63, 3.8) is 0 Å². The van der Waals surface area contributed by atoms with Gasteiger partial charge in [0, 0.05) is 38.3 Å². The highest BCUT2D eigenvalue weighted by Gasteiger charge is 2.27. The van der Waals surface area contributed by atoms with Crippen molar-refractivity contribution in [3.8, 4) is 0 Å². The molecule has 0 atom stereocenters. The molecule has 98 valence electrons. The fourth-order valence-electron chi connectivity index (χ4n) is 2.58. The molecule has 2 heterocycles. The maximum absolute atomic E-state index is 5.84. The Morgan fingerprint density at radius 1 is 1.22 bits per heavy atom. The van der Waals surface area contributed by atoms with Crippen molar-refractivity contribution < 1.29 is 0 Å². The molecule has 0 radical (unpaired) electrons. The molecule has 1 saturated carbocycles. The van der Waals surface area contributed by atoms with Gasteiger partial charge >= 0.3 is 0 Å². The quantitative estimate of drug-likeness (QED) is 0.860. The van der Waals surface area contributed by atoms with Crippen molar-refractivity contribution in [2.45, 2.75) is 19.8 Å². The van der Waals surface area contributed by atoms with Crippen LogP contribution >= 0.6 is 0 Å². The van der Waals surface area contributed by atoms with E-state index in [2.05, 4.69) is 19.8 Å². The van der Waals surface area contributed by atoms with Crippen LogP contribution in [0.25, 0.3) is 0 Å². The normalized spacial score (nSPS) is 21.3. The van der Waals surface area contributed by atoms with Gasteiger partial charge in [-0.05, 0) is 25.7 Å². The Kier molecular flexibility index (Phi) is 3.07. The summed E-state index contributed by atoms with van der Waals surface area (Å²) in [5.74, 6) is 2.59. The van der Waals surface area contributed by atoms with Gasteiger partial charge in [-0.3, -0.25) is 4.90 Å². The molecule has 1 aromatic heterocycles. The highest BCUT2D eigenvalue weighted by molar-refractivity contribution is 5.55. The number of hydrogen-bond donors (Lipinski definition) is 1. The zero-order valence-corrected chi connectivity index (χ0v) is 11.0. The minimum atomic E-state index is 0.598. The first kappa shape index (κ1) is 11.7. The summed E-state index contributed by atoms with van der Waals surface area (Å²) in [5, 5.41) is 0. The lowest BCUT2D eigenvalue weighted by Crippen LogP contribution is -2.47. The maximum Gasteiger partial charge on any atom is 0.137 e. The minimum Gasteiger partial charge on any atom is -0.383 e. The standard InChI is InChI=1S/C13H21N5/c1-10-12(14)15-9-16-13(10)18-6-4-17(5-7-18)8-11-2-3-11/h9,11H,2-8H2,1H3,(H2,14,15,16). The summed E-state index contributed by atoms with van der Waals surface area (Å²) < 4.78 is 0. The van der Waals surface area contributed by atoms with Gasteiger partial charge in [0.25, 0.3) is 0 Å². The number of nitrogens with zero attached hydrogens (tertiary/aromatic N) is 4. The molecule has 2 fully saturated rings. The van der Waals surface area contributed by atoms with E-state index < -0.39 is 0 Å². The van der Waals surface area contributed by atoms with Crippen molar-refractivity contribution in [2.75, 3.05) is 43.4 Å². The van der Waals surface area contributed by atoms with Crippen LogP contribution in [0.4, 0.5) is 11.6 Å². The second-order valence-electron chi connectivity index (χ2n) is 5.44. The summed E-state index contributed by atoms with van der Waals surface area (Å²) in [5.41, 5.74) is 6.85. The number of nitrogens with two attached hydrogens (primary N) is 1. The van der Waals surface area contributed by atoms with Gasteiger partial charge in [-0.2, -0.15) is 0 Å². The van der Waals surface area contributed by atoms with E-state index in [0.717, 1.165) is 43.5 Å². The van der Waals surface area contributed by atoms with Crippen molar-refractivity contribution >= 4 is 11.6 Å². The van der Waals surface area contributed by atoms with E-state index in [1.165, 1.54) is 19.4 Å². The molecule has 0 aromatic carbocycles. The fraction of sp³-hybridized carbons (Fsp3) is 0.692. The lowest BCUT2D eigenvalue weighted by molar-refractivity contribution is 0.247. The molecule has 5 heteroatoms. The Hall–Kier alpha value is -1.36. The largest absolute Gasteiger partial charge is 0.383 e. The van der Waals surface area contributed by atoms with Crippen molar-refractivity contribution in [3.05, 3.63) is 11.9 Å². The summed E-state index contributed by atoms with van der Waals surface area (Å²) in [6.45, 7) is 7.66. The van der Waals surface area contributed by atoms with Gasteiger partial charge in [-0.25, -0.2) is 9.97 Å². The Morgan fingerprint density at radius 2 is 1.94 bits per heavy atom. The highest BCUT2D eigenvalue weighted by Crippen LogP contribution is 2.30. The Bertz CT molecular complexity index is 421. The third-order valence-corrected chi connectivity index (χ3v) is 3.98. The third-order valence-electron chi connectivity index (χ3n) is 3.98. The Morgan fingerprint density at radius 3 is 2.61 bits per heavy atom. The monoisotopic (exact) mass is 247 g/mol. The molecular weight excluding hydrogens is 226 g/mol. The molecule has 5 nitrogen and oxygen atoms in total. The van der Waals surface area contributed by atoms with Gasteiger partial charge in [0.1, 0.15) is 18.0 Å². The van der Waals surface area contributed by atoms with E-state index in [0.29, 0.717) is 5.82 Å². The van der Waals surface area contributed by atoms with Crippen LogP contribution in [0.2, 0.25) is 0 Å². The van der Waals surface area contributed by atoms with Crippen molar-refractivity contribution in [2.24, 2.45) is 5.92 Å². The van der Waals surface area contributed by atoms with Gasteiger partial charge in [0.05, 0.1) is 0 Å². The Balaban J connectivity index is 1.62. The number of anilines is 2. The summed E-state index contributed by atoms with van der Waals surface area (Å²) in [7, 11) is 0. The predicted octanol–water partition coefficient (Wildman–Crippen LogP) is 0.899. The number of nitrogen functional groups attached to an aromatic ring is 1. The van der Waals surface area contributed by atoms with Crippen LogP contribution in [0.3, 0.4) is 0 Å². The van der Waals surface area contributed by atoms with Crippen molar-refractivity contribution in [1.82, 2.24) is 14.9 Å². The fourth-order valence-corrected chi connectivity index (χ4v) is 2.58. The number of rotatable bonds is 3. The molecule has 0 unspecified atom stereocenters. The molecular formula is C13H21N5. The second-order valence-corrected chi connectivity index (χ2v) is 5.44. The highest BCUT2D eigenvalue weighted by atomic mass is 15.3. The molecule has 1 aromatic rings. The molecule has 18 heavy (non-hydrogen) atoms. The molecule has 2 aliphatic rings. The smallest absolute Gasteiger partial charge is 0.137 e. The summed E-state index contributed by atoms with van der Waals surface area (Å²) in [6.07, 6.45) is 4.43. The molecule has 0 amide bonds. The zero-order chi connectivity index (χ0) is 12.5. The average Bonchev–Trinajstić information content (AvgIpc) is 3.18. The third kappa shape index (κ3) is 2.41. The molecule has 0 spiro atoms. The van der Waals surface area contributed by atoms with Crippen LogP contribution in [-0.2, 0) is 0 Å². The van der Waals surface area contributed by atoms with E-state index in [1.54, 1.807) is 6.33 Å². The first-order chi connectivity index (χ1) is 8.74. The SMILES string of the molecule is Cc1c(N)ncnc1N1CCN(CC2CC2)CC1. The van der Waals surface area contributed by atoms with Crippen LogP contribution in [-0.4, -0.2) is 47.6 Å². The number of aromatic nitrogens is 2. The number of piperazine rings is 1. The van der Waals surface area contributed by atoms with Crippen LogP contribution in [0, 0.1) is 12.8 Å². The molecule has 3 rings (SSSR count). The van der Waals surface area contributed by atoms with E-state index in [9.17, 15) is 0 Å². The van der Waals surface area contributed by atoms with E-state index in [-0.39, 0.29) is 0 Å². The van der Waals surface area contributed by atoms with Gasteiger partial charge in [-0.1, -0.05) is 0 Å². The lowest BCUT2D eigenvalue weighted by Gasteiger charge is -2.36. The van der Waals surface area contributed by atoms with Crippen LogP contribution in [0.5, 0.6) is 0 Å². The molecule has 1 aliphatic carbocycles. The zero-order valence-electron chi connectivity index (χ0n) is 11.0. The van der Waals surface area contributed by atoms with Gasteiger partial charge in [-0.15, -0.1) is 0 Å². The van der Waals surface area contributed by atoms with Gasteiger partial charge < -0.3 is 10.6 Å². The van der Waals surface area contributed by atoms with Crippen LogP contribution < -0.4 is 10.6 Å². The van der Waals surface area contributed by atoms with Gasteiger partial charge in [0.15, 0.2) is 0 Å². The Labute approximate surface area is 108 Å². The molecule has 2 N–H and O–H groups in total. The average molecular weight is 247 g/mol. The molecule has 1 aliphatic heterocycles. The van der Waals surface area contributed by atoms with E-state index >= 15 is 0 Å². The van der Waals surface area contributed by atoms with E-state index in [1.807, 2.05) is 6.92 Å². The first-order valence-corrected chi connectivity index (χ1v) is 6.78. The summed E-state index contributed by atoms with van der Waals surface area (Å²) >= 11 is 0. The molecule has 0 bridgehead atoms. The topological polar surface area (TPSA) is 58.3 Å². The van der Waals surface area contributed by atoms with Crippen molar-refractivity contribution in [1.29, 1.82) is 0 Å². The van der Waals surface area contributed by atoms with Crippen LogP contribution in [0.1, 0.15) is 18.4 Å². The minimum absolute atomic E-state index is 0.598. The number of hydrogen-bond acceptors (Lipinski definition) is 5. The first-order valence-electron chi connectivity index (χ1n) is 6.78. The van der Waals surface area contributed by atoms with Gasteiger partial charge in [0.2, 0.25) is 0 Å². The van der Waals surface area contributed by atoms with E-state index in [4.69, 9.17) is 5.73 Å².